The lowest BCUT2D eigenvalue weighted by atomic mass is 9.87. The van der Waals surface area contributed by atoms with Crippen LogP contribution in [0.5, 0.6) is 0 Å². The third kappa shape index (κ3) is 3.23. The van der Waals surface area contributed by atoms with E-state index in [9.17, 15) is 4.79 Å². The molecular weight excluding hydrogens is 212 g/mol. The Morgan fingerprint density at radius 1 is 1.24 bits per heavy atom. The van der Waals surface area contributed by atoms with Crippen LogP contribution < -0.4 is 0 Å². The second-order valence-corrected chi connectivity index (χ2v) is 7.00. The molecule has 0 bridgehead atoms. The molecule has 1 aliphatic carbocycles. The van der Waals surface area contributed by atoms with Gasteiger partial charge in [-0.05, 0) is 51.4 Å². The Kier molecular flexibility index (Phi) is 3.95. The second kappa shape index (κ2) is 4.62. The molecule has 1 aliphatic rings. The summed E-state index contributed by atoms with van der Waals surface area (Å²) < 4.78 is 5.90. The van der Waals surface area contributed by atoms with Crippen LogP contribution in [-0.4, -0.2) is 11.6 Å². The summed E-state index contributed by atoms with van der Waals surface area (Å²) in [5, 5.41) is 0. The quantitative estimate of drug-likeness (QED) is 0.684. The summed E-state index contributed by atoms with van der Waals surface area (Å²) in [6.45, 7) is 12.6. The van der Waals surface area contributed by atoms with Crippen LogP contribution >= 0.6 is 0 Å². The third-order valence-corrected chi connectivity index (χ3v) is 4.45. The Labute approximate surface area is 106 Å². The maximum atomic E-state index is 12.2. The van der Waals surface area contributed by atoms with E-state index in [4.69, 9.17) is 4.74 Å². The molecule has 1 rings (SSSR count). The molecule has 0 N–H and O–H groups in total. The summed E-state index contributed by atoms with van der Waals surface area (Å²) in [5.74, 6) is -0.0282. The first-order valence-corrected chi connectivity index (χ1v) is 6.90. The number of ether oxygens (including phenoxy) is 1. The summed E-state index contributed by atoms with van der Waals surface area (Å²) in [4.78, 5) is 12.2. The molecule has 1 atom stereocenters. The number of esters is 1. The van der Waals surface area contributed by atoms with Crippen molar-refractivity contribution in [1.29, 1.82) is 0 Å². The van der Waals surface area contributed by atoms with Crippen molar-refractivity contribution in [3.63, 3.8) is 0 Å². The standard InChI is InChI=1S/C15H28O2/c1-7-14(5,6)12(16)17-15(8-2)10-9-13(3,4)11-15/h7-11H2,1-6H3. The molecule has 1 unspecified atom stereocenters. The predicted octanol–water partition coefficient (Wildman–Crippen LogP) is 4.32. The number of rotatable bonds is 4. The van der Waals surface area contributed by atoms with Gasteiger partial charge in [0, 0.05) is 0 Å². The molecule has 0 aromatic carbocycles. The Morgan fingerprint density at radius 2 is 1.82 bits per heavy atom. The van der Waals surface area contributed by atoms with Crippen LogP contribution in [0.2, 0.25) is 0 Å². The molecule has 0 saturated heterocycles. The first kappa shape index (κ1) is 14.5. The molecule has 2 heteroatoms. The SMILES string of the molecule is CCC1(OC(=O)C(C)(C)CC)CCC(C)(C)C1. The van der Waals surface area contributed by atoms with E-state index in [0.29, 0.717) is 5.41 Å². The fourth-order valence-corrected chi connectivity index (χ4v) is 2.56. The Balaban J connectivity index is 2.75. The molecule has 0 aliphatic heterocycles. The molecular formula is C15H28O2. The number of hydrogen-bond acceptors (Lipinski definition) is 2. The van der Waals surface area contributed by atoms with Gasteiger partial charge in [0.05, 0.1) is 5.41 Å². The molecule has 0 spiro atoms. The maximum absolute atomic E-state index is 12.2. The normalized spacial score (nSPS) is 28.1. The van der Waals surface area contributed by atoms with Crippen molar-refractivity contribution in [2.24, 2.45) is 10.8 Å². The number of hydrogen-bond donors (Lipinski definition) is 0. The zero-order valence-electron chi connectivity index (χ0n) is 12.4. The highest BCUT2D eigenvalue weighted by Crippen LogP contribution is 2.48. The highest BCUT2D eigenvalue weighted by Gasteiger charge is 2.46. The zero-order valence-corrected chi connectivity index (χ0v) is 12.4. The lowest BCUT2D eigenvalue weighted by Gasteiger charge is -2.33. The van der Waals surface area contributed by atoms with Gasteiger partial charge in [0.15, 0.2) is 0 Å². The van der Waals surface area contributed by atoms with E-state index in [1.807, 2.05) is 20.8 Å². The van der Waals surface area contributed by atoms with Gasteiger partial charge in [-0.25, -0.2) is 0 Å². The van der Waals surface area contributed by atoms with Crippen LogP contribution in [0.3, 0.4) is 0 Å². The molecule has 100 valence electrons. The average Bonchev–Trinajstić information content (AvgIpc) is 2.55. The van der Waals surface area contributed by atoms with E-state index in [1.165, 1.54) is 0 Å². The van der Waals surface area contributed by atoms with Crippen LogP contribution in [0.1, 0.15) is 73.6 Å². The molecule has 0 radical (unpaired) electrons. The monoisotopic (exact) mass is 240 g/mol. The first-order valence-electron chi connectivity index (χ1n) is 6.90. The number of carbonyl (C=O) groups is 1. The minimum Gasteiger partial charge on any atom is -0.459 e. The summed E-state index contributed by atoms with van der Waals surface area (Å²) in [7, 11) is 0. The van der Waals surface area contributed by atoms with Gasteiger partial charge in [-0.1, -0.05) is 27.7 Å². The Hall–Kier alpha value is -0.530. The highest BCUT2D eigenvalue weighted by atomic mass is 16.6. The number of carbonyl (C=O) groups excluding carboxylic acids is 1. The van der Waals surface area contributed by atoms with Crippen LogP contribution in [0.4, 0.5) is 0 Å². The lowest BCUT2D eigenvalue weighted by Crippen LogP contribution is -2.38. The van der Waals surface area contributed by atoms with E-state index in [2.05, 4.69) is 20.8 Å². The van der Waals surface area contributed by atoms with E-state index in [0.717, 1.165) is 32.1 Å². The molecule has 1 saturated carbocycles. The molecule has 0 amide bonds. The zero-order chi connectivity index (χ0) is 13.3. The van der Waals surface area contributed by atoms with Crippen molar-refractivity contribution in [3.05, 3.63) is 0 Å². The van der Waals surface area contributed by atoms with Crippen molar-refractivity contribution in [1.82, 2.24) is 0 Å². The Morgan fingerprint density at radius 3 is 2.18 bits per heavy atom. The molecule has 17 heavy (non-hydrogen) atoms. The van der Waals surface area contributed by atoms with Crippen molar-refractivity contribution < 1.29 is 9.53 Å². The maximum Gasteiger partial charge on any atom is 0.312 e. The van der Waals surface area contributed by atoms with Crippen LogP contribution in [0.25, 0.3) is 0 Å². The molecule has 0 heterocycles. The highest BCUT2D eigenvalue weighted by molar-refractivity contribution is 5.76. The second-order valence-electron chi connectivity index (χ2n) is 7.00. The minimum atomic E-state index is -0.352. The van der Waals surface area contributed by atoms with E-state index in [1.54, 1.807) is 0 Å². The van der Waals surface area contributed by atoms with Crippen LogP contribution in [0, 0.1) is 10.8 Å². The van der Waals surface area contributed by atoms with Crippen molar-refractivity contribution in [2.45, 2.75) is 79.2 Å². The van der Waals surface area contributed by atoms with E-state index >= 15 is 0 Å². The molecule has 0 aromatic heterocycles. The van der Waals surface area contributed by atoms with Crippen LogP contribution in [-0.2, 0) is 9.53 Å². The van der Waals surface area contributed by atoms with Gasteiger partial charge in [0.25, 0.3) is 0 Å². The van der Waals surface area contributed by atoms with Gasteiger partial charge in [0.1, 0.15) is 5.60 Å². The van der Waals surface area contributed by atoms with Gasteiger partial charge in [0.2, 0.25) is 0 Å². The van der Waals surface area contributed by atoms with Crippen molar-refractivity contribution in [2.75, 3.05) is 0 Å². The molecule has 1 fully saturated rings. The van der Waals surface area contributed by atoms with Gasteiger partial charge < -0.3 is 4.74 Å². The fraction of sp³-hybridized carbons (Fsp3) is 0.933. The topological polar surface area (TPSA) is 26.3 Å². The summed E-state index contributed by atoms with van der Waals surface area (Å²) >= 11 is 0. The summed E-state index contributed by atoms with van der Waals surface area (Å²) in [5.41, 5.74) is -0.241. The van der Waals surface area contributed by atoms with E-state index in [-0.39, 0.29) is 17.0 Å². The van der Waals surface area contributed by atoms with E-state index < -0.39 is 0 Å². The smallest absolute Gasteiger partial charge is 0.312 e. The molecule has 2 nitrogen and oxygen atoms in total. The van der Waals surface area contributed by atoms with Gasteiger partial charge in [-0.3, -0.25) is 4.79 Å². The Bertz CT molecular complexity index is 291. The van der Waals surface area contributed by atoms with Gasteiger partial charge in [-0.15, -0.1) is 0 Å². The van der Waals surface area contributed by atoms with Crippen LogP contribution in [0.15, 0.2) is 0 Å². The first-order chi connectivity index (χ1) is 7.66. The largest absolute Gasteiger partial charge is 0.459 e. The predicted molar refractivity (Wildman–Crippen MR) is 70.8 cm³/mol. The van der Waals surface area contributed by atoms with Crippen molar-refractivity contribution in [3.8, 4) is 0 Å². The third-order valence-electron chi connectivity index (χ3n) is 4.45. The summed E-state index contributed by atoms with van der Waals surface area (Å²) in [6.07, 6.45) is 4.93. The summed E-state index contributed by atoms with van der Waals surface area (Å²) in [6, 6.07) is 0. The lowest BCUT2D eigenvalue weighted by molar-refractivity contribution is -0.171. The van der Waals surface area contributed by atoms with Crippen molar-refractivity contribution >= 4 is 5.97 Å². The molecule has 0 aromatic rings. The minimum absolute atomic E-state index is 0.0282. The van der Waals surface area contributed by atoms with Gasteiger partial charge in [-0.2, -0.15) is 0 Å². The van der Waals surface area contributed by atoms with Gasteiger partial charge >= 0.3 is 5.97 Å². The fourth-order valence-electron chi connectivity index (χ4n) is 2.56. The average molecular weight is 240 g/mol.